The highest BCUT2D eigenvalue weighted by molar-refractivity contribution is 4.94. The Bertz CT molecular complexity index is 295. The van der Waals surface area contributed by atoms with Crippen molar-refractivity contribution >= 4 is 0 Å². The predicted molar refractivity (Wildman–Crippen MR) is 81.2 cm³/mol. The molecule has 3 fully saturated rings. The summed E-state index contributed by atoms with van der Waals surface area (Å²) in [5.74, 6) is 2.87. The van der Waals surface area contributed by atoms with E-state index in [1.165, 1.54) is 58.3 Å². The first kappa shape index (κ1) is 13.9. The molecule has 3 aliphatic rings. The van der Waals surface area contributed by atoms with Gasteiger partial charge in [0.2, 0.25) is 0 Å². The van der Waals surface area contributed by atoms with Crippen LogP contribution in [0.2, 0.25) is 0 Å². The van der Waals surface area contributed by atoms with Crippen LogP contribution in [0.25, 0.3) is 0 Å². The largest absolute Gasteiger partial charge is 0.316 e. The lowest BCUT2D eigenvalue weighted by Crippen LogP contribution is -2.35. The van der Waals surface area contributed by atoms with Crippen LogP contribution in [0.4, 0.5) is 0 Å². The molecule has 1 saturated carbocycles. The molecule has 19 heavy (non-hydrogen) atoms. The average Bonchev–Trinajstić information content (AvgIpc) is 2.80. The Morgan fingerprint density at radius 1 is 0.895 bits per heavy atom. The van der Waals surface area contributed by atoms with Gasteiger partial charge in [-0.15, -0.1) is 0 Å². The smallest absolute Gasteiger partial charge is 0.00956 e. The van der Waals surface area contributed by atoms with Gasteiger partial charge in [-0.2, -0.15) is 0 Å². The van der Waals surface area contributed by atoms with E-state index in [1.54, 1.807) is 0 Å². The van der Waals surface area contributed by atoms with E-state index in [2.05, 4.69) is 31.0 Å². The highest BCUT2D eigenvalue weighted by atomic mass is 15.2. The molecule has 4 atom stereocenters. The molecule has 0 spiro atoms. The maximum absolute atomic E-state index is 3.56. The lowest BCUT2D eigenvalue weighted by molar-refractivity contribution is 0.188. The van der Waals surface area contributed by atoms with Crippen molar-refractivity contribution in [2.24, 2.45) is 23.2 Å². The van der Waals surface area contributed by atoms with Crippen LogP contribution in [0.1, 0.15) is 52.9 Å². The summed E-state index contributed by atoms with van der Waals surface area (Å²) in [6, 6.07) is 0.901. The first-order chi connectivity index (χ1) is 9.04. The van der Waals surface area contributed by atoms with Gasteiger partial charge in [0.25, 0.3) is 0 Å². The maximum atomic E-state index is 3.56. The summed E-state index contributed by atoms with van der Waals surface area (Å²) in [7, 11) is 0. The van der Waals surface area contributed by atoms with Crippen LogP contribution in [0.5, 0.6) is 0 Å². The summed E-state index contributed by atoms with van der Waals surface area (Å²) < 4.78 is 0. The maximum Gasteiger partial charge on any atom is 0.00956 e. The first-order valence-electron chi connectivity index (χ1n) is 8.49. The molecule has 0 aromatic carbocycles. The summed E-state index contributed by atoms with van der Waals surface area (Å²) in [5.41, 5.74) is 0.514. The van der Waals surface area contributed by atoms with Gasteiger partial charge in [-0.1, -0.05) is 27.2 Å². The molecule has 1 N–H and O–H groups in total. The number of nitrogens with zero attached hydrogens (tertiary/aromatic N) is 1. The second-order valence-corrected chi connectivity index (χ2v) is 8.36. The van der Waals surface area contributed by atoms with Crippen LogP contribution in [-0.2, 0) is 0 Å². The van der Waals surface area contributed by atoms with Gasteiger partial charge < -0.3 is 5.32 Å². The first-order valence-corrected chi connectivity index (χ1v) is 8.49. The van der Waals surface area contributed by atoms with Crippen molar-refractivity contribution in [1.29, 1.82) is 0 Å². The van der Waals surface area contributed by atoms with Gasteiger partial charge in [-0.25, -0.2) is 0 Å². The molecule has 0 amide bonds. The minimum atomic E-state index is 0.514. The van der Waals surface area contributed by atoms with Crippen molar-refractivity contribution in [3.05, 3.63) is 0 Å². The Balaban J connectivity index is 1.56. The zero-order chi connectivity index (χ0) is 13.5. The van der Waals surface area contributed by atoms with Crippen LogP contribution in [0, 0.1) is 23.2 Å². The van der Waals surface area contributed by atoms with Crippen LogP contribution in [-0.4, -0.2) is 37.1 Å². The molecule has 0 aromatic heterocycles. The molecule has 2 saturated heterocycles. The van der Waals surface area contributed by atoms with Crippen molar-refractivity contribution < 1.29 is 0 Å². The Labute approximate surface area is 119 Å². The average molecular weight is 264 g/mol. The fourth-order valence-electron chi connectivity index (χ4n) is 4.70. The van der Waals surface area contributed by atoms with Gasteiger partial charge in [0.1, 0.15) is 0 Å². The van der Waals surface area contributed by atoms with E-state index < -0.39 is 0 Å². The molecule has 1 aliphatic carbocycles. The van der Waals surface area contributed by atoms with Gasteiger partial charge >= 0.3 is 0 Å². The third-order valence-electron chi connectivity index (χ3n) is 6.10. The van der Waals surface area contributed by atoms with E-state index in [0.29, 0.717) is 5.41 Å². The Morgan fingerprint density at radius 3 is 2.21 bits per heavy atom. The van der Waals surface area contributed by atoms with Crippen molar-refractivity contribution in [2.75, 3.05) is 26.2 Å². The summed E-state index contributed by atoms with van der Waals surface area (Å²) in [4.78, 5) is 2.85. The normalized spacial score (nSPS) is 41.2. The quantitative estimate of drug-likeness (QED) is 0.732. The van der Waals surface area contributed by atoms with Gasteiger partial charge in [-0.05, 0) is 61.9 Å². The van der Waals surface area contributed by atoms with Crippen LogP contribution >= 0.6 is 0 Å². The fraction of sp³-hybridized carbons (Fsp3) is 1.00. The van der Waals surface area contributed by atoms with Crippen LogP contribution in [0.15, 0.2) is 0 Å². The number of fused-ring (bicyclic) bond motifs is 1. The number of likely N-dealkylation sites (tertiary alicyclic amines) is 1. The molecular weight excluding hydrogens is 232 g/mol. The highest BCUT2D eigenvalue weighted by Crippen LogP contribution is 2.39. The molecule has 2 aliphatic heterocycles. The molecule has 2 nitrogen and oxygen atoms in total. The predicted octanol–water partition coefficient (Wildman–Crippen LogP) is 3.13. The van der Waals surface area contributed by atoms with Crippen molar-refractivity contribution in [1.82, 2.24) is 10.2 Å². The Morgan fingerprint density at radius 2 is 1.58 bits per heavy atom. The molecule has 0 aromatic rings. The van der Waals surface area contributed by atoms with E-state index in [0.717, 1.165) is 23.8 Å². The number of hydrogen-bond acceptors (Lipinski definition) is 2. The highest BCUT2D eigenvalue weighted by Gasteiger charge is 2.39. The topological polar surface area (TPSA) is 15.3 Å². The zero-order valence-corrected chi connectivity index (χ0v) is 13.1. The Hall–Kier alpha value is -0.0800. The summed E-state index contributed by atoms with van der Waals surface area (Å²) in [6.45, 7) is 12.6. The third-order valence-corrected chi connectivity index (χ3v) is 6.10. The zero-order valence-electron chi connectivity index (χ0n) is 13.1. The van der Waals surface area contributed by atoms with Crippen LogP contribution < -0.4 is 5.32 Å². The lowest BCUT2D eigenvalue weighted by Gasteiger charge is -2.31. The summed E-state index contributed by atoms with van der Waals surface area (Å²) >= 11 is 0. The van der Waals surface area contributed by atoms with Crippen molar-refractivity contribution in [3.63, 3.8) is 0 Å². The molecule has 0 bridgehead atoms. The number of nitrogens with one attached hydrogen (secondary N) is 1. The molecule has 0 radical (unpaired) electrons. The monoisotopic (exact) mass is 264 g/mol. The lowest BCUT2D eigenvalue weighted by atomic mass is 9.76. The molecule has 110 valence electrons. The third kappa shape index (κ3) is 3.00. The number of hydrogen-bond donors (Lipinski definition) is 1. The number of rotatable bonds is 1. The molecule has 4 unspecified atom stereocenters. The second-order valence-electron chi connectivity index (χ2n) is 8.36. The fourth-order valence-corrected chi connectivity index (χ4v) is 4.70. The summed E-state index contributed by atoms with van der Waals surface area (Å²) in [5, 5.41) is 3.56. The SMILES string of the molecule is CC(C)(C)C1CCCC(N2CC3CNCC3C2)CC1. The van der Waals surface area contributed by atoms with E-state index in [9.17, 15) is 0 Å². The molecule has 2 heteroatoms. The van der Waals surface area contributed by atoms with Crippen molar-refractivity contribution in [2.45, 2.75) is 58.9 Å². The van der Waals surface area contributed by atoms with Gasteiger partial charge in [-0.3, -0.25) is 4.90 Å². The van der Waals surface area contributed by atoms with E-state index >= 15 is 0 Å². The minimum absolute atomic E-state index is 0.514. The molecule has 3 rings (SSSR count). The van der Waals surface area contributed by atoms with Crippen molar-refractivity contribution in [3.8, 4) is 0 Å². The van der Waals surface area contributed by atoms with E-state index in [4.69, 9.17) is 0 Å². The Kier molecular flexibility index (Phi) is 3.92. The summed E-state index contributed by atoms with van der Waals surface area (Å²) in [6.07, 6.45) is 7.28. The molecular formula is C17H32N2. The van der Waals surface area contributed by atoms with E-state index in [-0.39, 0.29) is 0 Å². The van der Waals surface area contributed by atoms with E-state index in [1.807, 2.05) is 0 Å². The molecule has 2 heterocycles. The standard InChI is InChI=1S/C17H32N2/c1-17(2,3)15-5-4-6-16(8-7-15)19-11-13-9-18-10-14(13)12-19/h13-16,18H,4-12H2,1-3H3. The minimum Gasteiger partial charge on any atom is -0.316 e. The van der Waals surface area contributed by atoms with Gasteiger partial charge in [0, 0.05) is 19.1 Å². The van der Waals surface area contributed by atoms with Gasteiger partial charge in [0.15, 0.2) is 0 Å². The van der Waals surface area contributed by atoms with Gasteiger partial charge in [0.05, 0.1) is 0 Å². The second kappa shape index (κ2) is 5.37. The van der Waals surface area contributed by atoms with Crippen LogP contribution in [0.3, 0.4) is 0 Å².